The van der Waals surface area contributed by atoms with E-state index in [0.717, 1.165) is 12.8 Å². The first kappa shape index (κ1) is 25.4. The average Bonchev–Trinajstić information content (AvgIpc) is 2.62. The van der Waals surface area contributed by atoms with Gasteiger partial charge < -0.3 is 10.4 Å². The van der Waals surface area contributed by atoms with Crippen molar-refractivity contribution in [2.45, 2.75) is 136 Å². The Hall–Kier alpha value is -0.570. The largest absolute Gasteiger partial charge is 0.392 e. The third-order valence-corrected chi connectivity index (χ3v) is 5.10. The Labute approximate surface area is 163 Å². The molecule has 0 aromatic carbocycles. The molecule has 3 nitrogen and oxygen atoms in total. The first-order valence-electron chi connectivity index (χ1n) is 11.6. The number of aliphatic hydroxyl groups excluding tert-OH is 1. The van der Waals surface area contributed by atoms with E-state index in [0.29, 0.717) is 13.0 Å². The number of hydrogen-bond donors (Lipinski definition) is 2. The Morgan fingerprint density at radius 1 is 0.692 bits per heavy atom. The first-order chi connectivity index (χ1) is 12.7. The van der Waals surface area contributed by atoms with E-state index in [1.807, 2.05) is 0 Å². The minimum absolute atomic E-state index is 0.0758. The van der Waals surface area contributed by atoms with Crippen molar-refractivity contribution in [3.05, 3.63) is 0 Å². The molecule has 0 aromatic rings. The third kappa shape index (κ3) is 21.5. The fraction of sp³-hybridized carbons (Fsp3) is 0.957. The van der Waals surface area contributed by atoms with E-state index in [9.17, 15) is 4.79 Å². The number of amides is 1. The van der Waals surface area contributed by atoms with Crippen LogP contribution in [0, 0.1) is 0 Å². The summed E-state index contributed by atoms with van der Waals surface area (Å²) in [6.07, 6.45) is 23.2. The van der Waals surface area contributed by atoms with Gasteiger partial charge in [0.2, 0.25) is 5.91 Å². The number of unbranched alkanes of at least 4 members (excludes halogenated alkanes) is 16. The van der Waals surface area contributed by atoms with Crippen molar-refractivity contribution in [3.63, 3.8) is 0 Å². The molecular formula is C23H47NO2. The molecule has 0 saturated heterocycles. The van der Waals surface area contributed by atoms with Crippen LogP contribution in [-0.4, -0.2) is 23.7 Å². The van der Waals surface area contributed by atoms with Crippen LogP contribution in [-0.2, 0) is 4.79 Å². The van der Waals surface area contributed by atoms with E-state index in [1.54, 1.807) is 6.92 Å². The molecule has 2 N–H and O–H groups in total. The molecule has 26 heavy (non-hydrogen) atoms. The maximum absolute atomic E-state index is 11.5. The quantitative estimate of drug-likeness (QED) is 0.240. The van der Waals surface area contributed by atoms with Crippen LogP contribution in [0.1, 0.15) is 129 Å². The number of aliphatic hydroxyl groups is 1. The number of nitrogens with one attached hydrogen (secondary N) is 1. The highest BCUT2D eigenvalue weighted by atomic mass is 16.3. The number of carbonyl (C=O) groups is 1. The van der Waals surface area contributed by atoms with Crippen LogP contribution in [0.25, 0.3) is 0 Å². The van der Waals surface area contributed by atoms with Gasteiger partial charge in [-0.05, 0) is 13.3 Å². The second kappa shape index (κ2) is 20.7. The zero-order valence-corrected chi connectivity index (χ0v) is 17.9. The molecule has 0 fully saturated rings. The summed E-state index contributed by atoms with van der Waals surface area (Å²) in [5.41, 5.74) is 0. The molecule has 1 amide bonds. The summed E-state index contributed by atoms with van der Waals surface area (Å²) in [5, 5.41) is 11.9. The van der Waals surface area contributed by atoms with Crippen LogP contribution < -0.4 is 5.32 Å². The molecular weight excluding hydrogens is 322 g/mol. The van der Waals surface area contributed by atoms with Gasteiger partial charge in [0.1, 0.15) is 0 Å². The second-order valence-electron chi connectivity index (χ2n) is 8.06. The predicted molar refractivity (Wildman–Crippen MR) is 113 cm³/mol. The topological polar surface area (TPSA) is 49.3 Å². The molecule has 1 unspecified atom stereocenters. The van der Waals surface area contributed by atoms with E-state index in [2.05, 4.69) is 12.2 Å². The summed E-state index contributed by atoms with van der Waals surface area (Å²) in [7, 11) is 0. The molecule has 156 valence electrons. The van der Waals surface area contributed by atoms with Crippen LogP contribution in [0.3, 0.4) is 0 Å². The van der Waals surface area contributed by atoms with E-state index >= 15 is 0 Å². The Morgan fingerprint density at radius 2 is 1.04 bits per heavy atom. The van der Waals surface area contributed by atoms with Crippen molar-refractivity contribution in [2.75, 3.05) is 6.54 Å². The van der Waals surface area contributed by atoms with Crippen molar-refractivity contribution in [1.29, 1.82) is 0 Å². The summed E-state index contributed by atoms with van der Waals surface area (Å²) in [5.74, 6) is 0.0758. The van der Waals surface area contributed by atoms with Crippen molar-refractivity contribution < 1.29 is 9.90 Å². The fourth-order valence-corrected chi connectivity index (χ4v) is 3.36. The standard InChI is InChI=1S/C23H47NO2/c1-3-4-5-6-7-8-9-10-11-12-13-14-15-16-17-18-19-20-23(26)24-21-22(2)25/h22,25H,3-21H2,1-2H3,(H,24,26). The summed E-state index contributed by atoms with van der Waals surface area (Å²) < 4.78 is 0. The first-order valence-corrected chi connectivity index (χ1v) is 11.6. The third-order valence-electron chi connectivity index (χ3n) is 5.10. The molecule has 0 heterocycles. The van der Waals surface area contributed by atoms with Gasteiger partial charge in [-0.15, -0.1) is 0 Å². The molecule has 0 bridgehead atoms. The SMILES string of the molecule is CCCCCCCCCCCCCCCCCCCC(=O)NCC(C)O. The van der Waals surface area contributed by atoms with E-state index in [1.165, 1.54) is 96.3 Å². The average molecular weight is 370 g/mol. The summed E-state index contributed by atoms with van der Waals surface area (Å²) in [6.45, 7) is 4.34. The van der Waals surface area contributed by atoms with Gasteiger partial charge in [-0.3, -0.25) is 4.79 Å². The summed E-state index contributed by atoms with van der Waals surface area (Å²) in [4.78, 5) is 11.5. The smallest absolute Gasteiger partial charge is 0.220 e. The van der Waals surface area contributed by atoms with Gasteiger partial charge in [0.15, 0.2) is 0 Å². The lowest BCUT2D eigenvalue weighted by Gasteiger charge is -2.07. The minimum atomic E-state index is -0.450. The molecule has 0 saturated carbocycles. The maximum Gasteiger partial charge on any atom is 0.220 e. The van der Waals surface area contributed by atoms with Gasteiger partial charge in [0, 0.05) is 13.0 Å². The lowest BCUT2D eigenvalue weighted by molar-refractivity contribution is -0.121. The van der Waals surface area contributed by atoms with Crippen molar-refractivity contribution >= 4 is 5.91 Å². The Bertz CT molecular complexity index is 292. The molecule has 1 atom stereocenters. The van der Waals surface area contributed by atoms with Gasteiger partial charge in [-0.2, -0.15) is 0 Å². The van der Waals surface area contributed by atoms with Crippen LogP contribution in [0.4, 0.5) is 0 Å². The van der Waals surface area contributed by atoms with Crippen LogP contribution in [0.15, 0.2) is 0 Å². The van der Waals surface area contributed by atoms with Gasteiger partial charge in [0.05, 0.1) is 6.10 Å². The van der Waals surface area contributed by atoms with Crippen molar-refractivity contribution in [3.8, 4) is 0 Å². The lowest BCUT2D eigenvalue weighted by Crippen LogP contribution is -2.30. The van der Waals surface area contributed by atoms with Crippen molar-refractivity contribution in [2.24, 2.45) is 0 Å². The van der Waals surface area contributed by atoms with Crippen LogP contribution in [0.5, 0.6) is 0 Å². The van der Waals surface area contributed by atoms with Gasteiger partial charge in [-0.25, -0.2) is 0 Å². The lowest BCUT2D eigenvalue weighted by atomic mass is 10.0. The molecule has 3 heteroatoms. The Morgan fingerprint density at radius 3 is 1.38 bits per heavy atom. The number of rotatable bonds is 20. The molecule has 0 aliphatic heterocycles. The van der Waals surface area contributed by atoms with Gasteiger partial charge >= 0.3 is 0 Å². The maximum atomic E-state index is 11.5. The Kier molecular flexibility index (Phi) is 20.3. The second-order valence-corrected chi connectivity index (χ2v) is 8.06. The molecule has 0 rings (SSSR count). The van der Waals surface area contributed by atoms with Gasteiger partial charge in [0.25, 0.3) is 0 Å². The highest BCUT2D eigenvalue weighted by molar-refractivity contribution is 5.75. The molecule has 0 aliphatic rings. The minimum Gasteiger partial charge on any atom is -0.392 e. The fourth-order valence-electron chi connectivity index (χ4n) is 3.36. The van der Waals surface area contributed by atoms with Crippen LogP contribution >= 0.6 is 0 Å². The zero-order chi connectivity index (χ0) is 19.3. The predicted octanol–water partition coefficient (Wildman–Crippen LogP) is 6.53. The molecule has 0 aliphatic carbocycles. The molecule has 0 spiro atoms. The zero-order valence-electron chi connectivity index (χ0n) is 17.9. The highest BCUT2D eigenvalue weighted by Gasteiger charge is 2.02. The van der Waals surface area contributed by atoms with E-state index < -0.39 is 6.10 Å². The number of carbonyl (C=O) groups excluding carboxylic acids is 1. The molecule has 0 radical (unpaired) electrons. The normalized spacial score (nSPS) is 12.3. The van der Waals surface area contributed by atoms with Gasteiger partial charge in [-0.1, -0.05) is 110 Å². The summed E-state index contributed by atoms with van der Waals surface area (Å²) >= 11 is 0. The summed E-state index contributed by atoms with van der Waals surface area (Å²) in [6, 6.07) is 0. The highest BCUT2D eigenvalue weighted by Crippen LogP contribution is 2.14. The van der Waals surface area contributed by atoms with E-state index in [4.69, 9.17) is 5.11 Å². The molecule has 0 aromatic heterocycles. The van der Waals surface area contributed by atoms with Crippen molar-refractivity contribution in [1.82, 2.24) is 5.32 Å². The number of hydrogen-bond acceptors (Lipinski definition) is 2. The monoisotopic (exact) mass is 369 g/mol. The van der Waals surface area contributed by atoms with Crippen LogP contribution in [0.2, 0.25) is 0 Å². The Balaban J connectivity index is 3.08. The van der Waals surface area contributed by atoms with E-state index in [-0.39, 0.29) is 5.91 Å².